The minimum Gasteiger partial charge on any atom is -0.491 e. The van der Waals surface area contributed by atoms with Gasteiger partial charge in [-0.3, -0.25) is 0 Å². The molecule has 0 fully saturated rings. The van der Waals surface area contributed by atoms with Gasteiger partial charge in [0, 0.05) is 11.6 Å². The first-order valence-corrected chi connectivity index (χ1v) is 5.08. The number of hydrogen-bond donors (Lipinski definition) is 0. The van der Waals surface area contributed by atoms with E-state index in [4.69, 9.17) is 27.9 Å². The van der Waals surface area contributed by atoms with Crippen molar-refractivity contribution >= 4 is 35.6 Å². The highest BCUT2D eigenvalue weighted by molar-refractivity contribution is 6.35. The Bertz CT molecular complexity index is 305. The summed E-state index contributed by atoms with van der Waals surface area (Å²) in [5, 5.41) is 1.17. The van der Waals surface area contributed by atoms with Crippen molar-refractivity contribution in [3.05, 3.63) is 28.2 Å². The lowest BCUT2D eigenvalue weighted by molar-refractivity contribution is 0.261. The summed E-state index contributed by atoms with van der Waals surface area (Å²) in [4.78, 5) is 2.05. The summed E-state index contributed by atoms with van der Waals surface area (Å²) >= 11 is 11.7. The van der Waals surface area contributed by atoms with Crippen molar-refractivity contribution in [1.29, 1.82) is 0 Å². The minimum absolute atomic E-state index is 0. The fourth-order valence-electron chi connectivity index (χ4n) is 0.930. The molecule has 5 heteroatoms. The first-order chi connectivity index (χ1) is 6.59. The van der Waals surface area contributed by atoms with Crippen LogP contribution < -0.4 is 4.74 Å². The van der Waals surface area contributed by atoms with Crippen LogP contribution in [0.25, 0.3) is 0 Å². The Balaban J connectivity index is 0.00000196. The van der Waals surface area contributed by atoms with Gasteiger partial charge in [-0.2, -0.15) is 0 Å². The molecule has 1 aromatic carbocycles. The monoisotopic (exact) mass is 269 g/mol. The number of likely N-dealkylation sites (N-methyl/N-ethyl adjacent to an activating group) is 1. The van der Waals surface area contributed by atoms with E-state index < -0.39 is 0 Å². The molecule has 0 bridgehead atoms. The number of ether oxygens (including phenoxy) is 1. The van der Waals surface area contributed by atoms with Gasteiger partial charge in [-0.1, -0.05) is 23.2 Å². The molecule has 0 unspecified atom stereocenters. The van der Waals surface area contributed by atoms with E-state index in [9.17, 15) is 0 Å². The Kier molecular flexibility index (Phi) is 7.11. The quantitative estimate of drug-likeness (QED) is 0.832. The van der Waals surface area contributed by atoms with Crippen molar-refractivity contribution in [2.75, 3.05) is 27.2 Å². The molecule has 0 saturated carbocycles. The second-order valence-corrected chi connectivity index (χ2v) is 4.07. The molecule has 0 aliphatic rings. The van der Waals surface area contributed by atoms with Gasteiger partial charge in [0.1, 0.15) is 12.4 Å². The van der Waals surface area contributed by atoms with Gasteiger partial charge in [0.25, 0.3) is 0 Å². The van der Waals surface area contributed by atoms with Crippen molar-refractivity contribution in [2.24, 2.45) is 0 Å². The minimum atomic E-state index is 0. The summed E-state index contributed by atoms with van der Waals surface area (Å²) in [6.45, 7) is 1.48. The molecule has 2 nitrogen and oxygen atoms in total. The average molecular weight is 271 g/mol. The van der Waals surface area contributed by atoms with Crippen LogP contribution in [0.1, 0.15) is 0 Å². The van der Waals surface area contributed by atoms with Gasteiger partial charge in [-0.15, -0.1) is 12.4 Å². The standard InChI is InChI=1S/C10H13Cl2NO.ClH/c1-13(2)5-6-14-10-4-3-8(11)7-9(10)12;/h3-4,7H,5-6H2,1-2H3;1H. The molecule has 0 atom stereocenters. The Morgan fingerprint density at radius 3 is 2.47 bits per heavy atom. The van der Waals surface area contributed by atoms with E-state index in [0.29, 0.717) is 22.4 Å². The predicted molar refractivity (Wildman–Crippen MR) is 67.8 cm³/mol. The molecule has 0 amide bonds. The number of nitrogens with zero attached hydrogens (tertiary/aromatic N) is 1. The summed E-state index contributed by atoms with van der Waals surface area (Å²) in [6, 6.07) is 5.22. The lowest BCUT2D eigenvalue weighted by Crippen LogP contribution is -2.19. The van der Waals surface area contributed by atoms with E-state index in [2.05, 4.69) is 0 Å². The van der Waals surface area contributed by atoms with Gasteiger partial charge < -0.3 is 9.64 Å². The topological polar surface area (TPSA) is 12.5 Å². The fraction of sp³-hybridized carbons (Fsp3) is 0.400. The number of hydrogen-bond acceptors (Lipinski definition) is 2. The summed E-state index contributed by atoms with van der Waals surface area (Å²) < 4.78 is 5.47. The third-order valence-electron chi connectivity index (χ3n) is 1.69. The van der Waals surface area contributed by atoms with Crippen molar-refractivity contribution in [1.82, 2.24) is 4.90 Å². The molecule has 1 aromatic rings. The van der Waals surface area contributed by atoms with Crippen LogP contribution in [0.4, 0.5) is 0 Å². The van der Waals surface area contributed by atoms with Crippen LogP contribution in [0.15, 0.2) is 18.2 Å². The van der Waals surface area contributed by atoms with Crippen LogP contribution in [0.3, 0.4) is 0 Å². The van der Waals surface area contributed by atoms with Crippen molar-refractivity contribution in [3.8, 4) is 5.75 Å². The van der Waals surface area contributed by atoms with Gasteiger partial charge in [0.2, 0.25) is 0 Å². The Morgan fingerprint density at radius 2 is 1.93 bits per heavy atom. The molecule has 0 aromatic heterocycles. The molecule has 0 saturated heterocycles. The number of rotatable bonds is 4. The molecule has 86 valence electrons. The highest BCUT2D eigenvalue weighted by atomic mass is 35.5. The van der Waals surface area contributed by atoms with Crippen LogP contribution in [-0.4, -0.2) is 32.1 Å². The summed E-state index contributed by atoms with van der Waals surface area (Å²) in [7, 11) is 3.99. The Morgan fingerprint density at radius 1 is 1.27 bits per heavy atom. The summed E-state index contributed by atoms with van der Waals surface area (Å²) in [5.41, 5.74) is 0. The van der Waals surface area contributed by atoms with E-state index in [1.165, 1.54) is 0 Å². The summed E-state index contributed by atoms with van der Waals surface area (Å²) in [6.07, 6.45) is 0. The van der Waals surface area contributed by atoms with E-state index in [1.54, 1.807) is 18.2 Å². The van der Waals surface area contributed by atoms with E-state index in [1.807, 2.05) is 19.0 Å². The number of halogens is 3. The second-order valence-electron chi connectivity index (χ2n) is 3.23. The maximum Gasteiger partial charge on any atom is 0.138 e. The van der Waals surface area contributed by atoms with Crippen LogP contribution in [0, 0.1) is 0 Å². The van der Waals surface area contributed by atoms with E-state index in [-0.39, 0.29) is 12.4 Å². The highest BCUT2D eigenvalue weighted by Gasteiger charge is 2.01. The third-order valence-corrected chi connectivity index (χ3v) is 2.22. The van der Waals surface area contributed by atoms with Crippen LogP contribution in [-0.2, 0) is 0 Å². The van der Waals surface area contributed by atoms with Crippen LogP contribution in [0.5, 0.6) is 5.75 Å². The molecule has 0 heterocycles. The summed E-state index contributed by atoms with van der Waals surface area (Å²) in [5.74, 6) is 0.679. The zero-order valence-corrected chi connectivity index (χ0v) is 11.0. The Hall–Kier alpha value is -0.150. The smallest absolute Gasteiger partial charge is 0.138 e. The SMILES string of the molecule is CN(C)CCOc1ccc(Cl)cc1Cl.Cl. The highest BCUT2D eigenvalue weighted by Crippen LogP contribution is 2.27. The number of benzene rings is 1. The van der Waals surface area contributed by atoms with Gasteiger partial charge in [0.15, 0.2) is 0 Å². The molecular weight excluding hydrogens is 256 g/mol. The predicted octanol–water partition coefficient (Wildman–Crippen LogP) is 3.36. The van der Waals surface area contributed by atoms with Crippen molar-refractivity contribution in [3.63, 3.8) is 0 Å². The molecule has 0 spiro atoms. The molecule has 1 rings (SSSR count). The average Bonchev–Trinajstić information content (AvgIpc) is 2.08. The molecule has 0 radical (unpaired) electrons. The first kappa shape index (κ1) is 14.8. The largest absolute Gasteiger partial charge is 0.491 e. The Labute approximate surface area is 107 Å². The maximum absolute atomic E-state index is 5.92. The van der Waals surface area contributed by atoms with E-state index in [0.717, 1.165) is 6.54 Å². The zero-order chi connectivity index (χ0) is 10.6. The second kappa shape index (κ2) is 7.18. The van der Waals surface area contributed by atoms with Crippen molar-refractivity contribution in [2.45, 2.75) is 0 Å². The molecule has 0 N–H and O–H groups in total. The molecular formula is C10H14Cl3NO. The lowest BCUT2D eigenvalue weighted by Gasteiger charge is -2.11. The molecule has 15 heavy (non-hydrogen) atoms. The third kappa shape index (κ3) is 5.47. The van der Waals surface area contributed by atoms with Gasteiger partial charge >= 0.3 is 0 Å². The van der Waals surface area contributed by atoms with Crippen molar-refractivity contribution < 1.29 is 4.74 Å². The van der Waals surface area contributed by atoms with Gasteiger partial charge in [-0.05, 0) is 32.3 Å². The normalized spacial score (nSPS) is 9.93. The van der Waals surface area contributed by atoms with Crippen LogP contribution in [0.2, 0.25) is 10.0 Å². The van der Waals surface area contributed by atoms with Gasteiger partial charge in [0.05, 0.1) is 5.02 Å². The molecule has 0 aliphatic carbocycles. The lowest BCUT2D eigenvalue weighted by atomic mass is 10.3. The first-order valence-electron chi connectivity index (χ1n) is 4.32. The fourth-order valence-corrected chi connectivity index (χ4v) is 1.39. The van der Waals surface area contributed by atoms with Gasteiger partial charge in [-0.25, -0.2) is 0 Å². The maximum atomic E-state index is 5.92. The van der Waals surface area contributed by atoms with Crippen LogP contribution >= 0.6 is 35.6 Å². The zero-order valence-electron chi connectivity index (χ0n) is 8.67. The van der Waals surface area contributed by atoms with E-state index >= 15 is 0 Å². The molecule has 0 aliphatic heterocycles.